The van der Waals surface area contributed by atoms with Gasteiger partial charge in [0.15, 0.2) is 11.4 Å². The molecule has 1 amide bonds. The maximum Gasteiger partial charge on any atom is 0.435 e. The minimum atomic E-state index is -4.90. The number of alkyl halides is 4. The van der Waals surface area contributed by atoms with Gasteiger partial charge in [0, 0.05) is 22.9 Å². The predicted octanol–water partition coefficient (Wildman–Crippen LogP) is 4.63. The Labute approximate surface area is 196 Å². The molecule has 0 saturated heterocycles. The van der Waals surface area contributed by atoms with Crippen molar-refractivity contribution >= 4 is 21.3 Å². The zero-order chi connectivity index (χ0) is 25.6. The predicted molar refractivity (Wildman–Crippen MR) is 115 cm³/mol. The summed E-state index contributed by atoms with van der Waals surface area (Å²) in [5, 5.41) is 16.5. The standard InChI is InChI=1S/C21H18F4N6O3S/c1-11-16(18(32)27-12-4-3-5-13(10-12)35(2,26)33)19(31-30-17(11)21(23,24)25)34-15-7-6-14(28-29-15)20(22)8-9-20/h3-7,10,26H,8-9H2,1-2H3,(H,27,32). The van der Waals surface area contributed by atoms with Gasteiger partial charge in [-0.25, -0.2) is 13.4 Å². The van der Waals surface area contributed by atoms with Gasteiger partial charge in [-0.3, -0.25) is 4.79 Å². The second kappa shape index (κ2) is 8.52. The van der Waals surface area contributed by atoms with Crippen LogP contribution in [-0.4, -0.2) is 36.8 Å². The second-order valence-electron chi connectivity index (χ2n) is 8.00. The number of anilines is 1. The molecule has 184 valence electrons. The van der Waals surface area contributed by atoms with E-state index >= 15 is 0 Å². The molecule has 1 unspecified atom stereocenters. The van der Waals surface area contributed by atoms with Crippen LogP contribution in [0.1, 0.15) is 40.2 Å². The topological polar surface area (TPSA) is 131 Å². The van der Waals surface area contributed by atoms with Crippen molar-refractivity contribution in [3.63, 3.8) is 0 Å². The molecule has 1 aromatic carbocycles. The van der Waals surface area contributed by atoms with Crippen LogP contribution in [0.3, 0.4) is 0 Å². The number of nitrogens with one attached hydrogen (secondary N) is 2. The highest BCUT2D eigenvalue weighted by atomic mass is 32.2. The van der Waals surface area contributed by atoms with E-state index in [9.17, 15) is 26.6 Å². The first-order valence-electron chi connectivity index (χ1n) is 10.1. The van der Waals surface area contributed by atoms with Crippen LogP contribution in [0, 0.1) is 11.7 Å². The summed E-state index contributed by atoms with van der Waals surface area (Å²) in [6.07, 6.45) is -3.09. The SMILES string of the molecule is Cc1c(C(F)(F)F)nnc(Oc2ccc(C3(F)CC3)nn2)c1C(=O)Nc1cccc(S(C)(=N)=O)c1. The lowest BCUT2D eigenvalue weighted by atomic mass is 10.1. The van der Waals surface area contributed by atoms with Crippen molar-refractivity contribution in [1.29, 1.82) is 4.78 Å². The molecule has 2 heterocycles. The minimum Gasteiger partial charge on any atom is -0.417 e. The highest BCUT2D eigenvalue weighted by Crippen LogP contribution is 2.48. The molecule has 0 radical (unpaired) electrons. The van der Waals surface area contributed by atoms with Crippen LogP contribution >= 0.6 is 0 Å². The third kappa shape index (κ3) is 5.21. The van der Waals surface area contributed by atoms with Gasteiger partial charge < -0.3 is 10.1 Å². The normalized spacial score (nSPS) is 16.3. The summed E-state index contributed by atoms with van der Waals surface area (Å²) in [5.74, 6) is -1.83. The fraction of sp³-hybridized carbons (Fsp3) is 0.286. The van der Waals surface area contributed by atoms with E-state index in [-0.39, 0.29) is 22.2 Å². The Hall–Kier alpha value is -3.68. The molecule has 1 aliphatic carbocycles. The van der Waals surface area contributed by atoms with Gasteiger partial charge in [0.1, 0.15) is 11.3 Å². The molecule has 0 aliphatic heterocycles. The quantitative estimate of drug-likeness (QED) is 0.462. The molecule has 1 fully saturated rings. The minimum absolute atomic E-state index is 0.0897. The number of amides is 1. The lowest BCUT2D eigenvalue weighted by Gasteiger charge is -2.16. The van der Waals surface area contributed by atoms with Crippen molar-refractivity contribution in [3.8, 4) is 11.8 Å². The second-order valence-corrected chi connectivity index (χ2v) is 10.2. The maximum atomic E-state index is 14.1. The van der Waals surface area contributed by atoms with E-state index in [0.29, 0.717) is 12.8 Å². The van der Waals surface area contributed by atoms with Crippen molar-refractivity contribution in [3.05, 3.63) is 58.9 Å². The van der Waals surface area contributed by atoms with Crippen molar-refractivity contribution in [2.24, 2.45) is 0 Å². The van der Waals surface area contributed by atoms with Gasteiger partial charge in [-0.05, 0) is 49.6 Å². The molecule has 1 saturated carbocycles. The molecular weight excluding hydrogens is 492 g/mol. The van der Waals surface area contributed by atoms with Crippen molar-refractivity contribution < 1.29 is 31.3 Å². The van der Waals surface area contributed by atoms with Gasteiger partial charge in [0.2, 0.25) is 5.88 Å². The maximum absolute atomic E-state index is 14.1. The number of hydrogen-bond acceptors (Lipinski definition) is 8. The number of hydrogen-bond donors (Lipinski definition) is 2. The van der Waals surface area contributed by atoms with E-state index in [1.165, 1.54) is 42.7 Å². The largest absolute Gasteiger partial charge is 0.435 e. The van der Waals surface area contributed by atoms with Crippen molar-refractivity contribution in [1.82, 2.24) is 20.4 Å². The Morgan fingerprint density at radius 3 is 2.43 bits per heavy atom. The highest BCUT2D eigenvalue weighted by molar-refractivity contribution is 7.91. The fourth-order valence-electron chi connectivity index (χ4n) is 3.20. The molecule has 3 aromatic rings. The van der Waals surface area contributed by atoms with Crippen LogP contribution in [0.4, 0.5) is 23.2 Å². The summed E-state index contributed by atoms with van der Waals surface area (Å²) in [5.41, 5.74) is -3.87. The number of carbonyl (C=O) groups excluding carboxylic acids is 1. The van der Waals surface area contributed by atoms with Gasteiger partial charge in [0.25, 0.3) is 11.8 Å². The smallest absolute Gasteiger partial charge is 0.417 e. The van der Waals surface area contributed by atoms with E-state index in [1.54, 1.807) is 0 Å². The van der Waals surface area contributed by atoms with Gasteiger partial charge in [0.05, 0.1) is 9.73 Å². The number of benzene rings is 1. The number of carbonyl (C=O) groups is 1. The third-order valence-electron chi connectivity index (χ3n) is 5.21. The molecule has 4 rings (SSSR count). The molecular formula is C21H18F4N6O3S. The lowest BCUT2D eigenvalue weighted by Crippen LogP contribution is -2.21. The summed E-state index contributed by atoms with van der Waals surface area (Å²) in [6, 6.07) is 8.13. The summed E-state index contributed by atoms with van der Waals surface area (Å²) < 4.78 is 79.5. The van der Waals surface area contributed by atoms with Gasteiger partial charge >= 0.3 is 6.18 Å². The van der Waals surface area contributed by atoms with Crippen LogP contribution in [-0.2, 0) is 21.6 Å². The molecule has 1 atom stereocenters. The molecule has 0 spiro atoms. The van der Waals surface area contributed by atoms with Crippen LogP contribution in [0.15, 0.2) is 41.3 Å². The number of nitrogens with zero attached hydrogens (tertiary/aromatic N) is 4. The Balaban J connectivity index is 1.70. The zero-order valence-corrected chi connectivity index (χ0v) is 19.1. The van der Waals surface area contributed by atoms with E-state index in [0.717, 1.165) is 6.92 Å². The monoisotopic (exact) mass is 510 g/mol. The lowest BCUT2D eigenvalue weighted by molar-refractivity contribution is -0.142. The van der Waals surface area contributed by atoms with E-state index in [1.807, 2.05) is 0 Å². The van der Waals surface area contributed by atoms with Crippen molar-refractivity contribution in [2.75, 3.05) is 11.6 Å². The summed E-state index contributed by atoms with van der Waals surface area (Å²) in [7, 11) is -3.11. The van der Waals surface area contributed by atoms with Crippen LogP contribution in [0.5, 0.6) is 11.8 Å². The summed E-state index contributed by atoms with van der Waals surface area (Å²) in [6.45, 7) is 1.03. The van der Waals surface area contributed by atoms with Crippen LogP contribution < -0.4 is 10.1 Å². The van der Waals surface area contributed by atoms with Crippen LogP contribution in [0.2, 0.25) is 0 Å². The molecule has 0 bridgehead atoms. The highest BCUT2D eigenvalue weighted by Gasteiger charge is 2.47. The number of rotatable bonds is 6. The Bertz CT molecular complexity index is 1410. The summed E-state index contributed by atoms with van der Waals surface area (Å²) >= 11 is 0. The molecule has 1 aliphatic rings. The average Bonchev–Trinajstić information content (AvgIpc) is 3.51. The number of aromatic nitrogens is 4. The zero-order valence-electron chi connectivity index (χ0n) is 18.3. The summed E-state index contributed by atoms with van der Waals surface area (Å²) in [4.78, 5) is 13.2. The fourth-order valence-corrected chi connectivity index (χ4v) is 3.89. The Morgan fingerprint density at radius 2 is 1.86 bits per heavy atom. The first-order chi connectivity index (χ1) is 16.3. The van der Waals surface area contributed by atoms with Gasteiger partial charge in [-0.1, -0.05) is 6.07 Å². The van der Waals surface area contributed by atoms with E-state index in [4.69, 9.17) is 9.52 Å². The molecule has 2 N–H and O–H groups in total. The molecule has 14 heteroatoms. The van der Waals surface area contributed by atoms with Crippen molar-refractivity contribution in [2.45, 2.75) is 36.5 Å². The molecule has 2 aromatic heterocycles. The third-order valence-corrected chi connectivity index (χ3v) is 6.36. The number of halogens is 4. The first kappa shape index (κ1) is 24.4. The van der Waals surface area contributed by atoms with Crippen LogP contribution in [0.25, 0.3) is 0 Å². The first-order valence-corrected chi connectivity index (χ1v) is 12.1. The number of ether oxygens (including phenoxy) is 1. The Morgan fingerprint density at radius 1 is 1.14 bits per heavy atom. The average molecular weight is 510 g/mol. The van der Waals surface area contributed by atoms with E-state index < -0.39 is 50.2 Å². The Kier molecular flexibility index (Phi) is 5.95. The van der Waals surface area contributed by atoms with E-state index in [2.05, 4.69) is 25.7 Å². The molecule has 9 nitrogen and oxygen atoms in total. The van der Waals surface area contributed by atoms with Gasteiger partial charge in [-0.15, -0.1) is 20.4 Å². The van der Waals surface area contributed by atoms with Gasteiger partial charge in [-0.2, -0.15) is 13.2 Å². The molecule has 35 heavy (non-hydrogen) atoms.